The molecular formula is C19H15NO4. The Bertz CT molecular complexity index is 772. The van der Waals surface area contributed by atoms with Crippen LogP contribution in [-0.2, 0) is 14.3 Å². The van der Waals surface area contributed by atoms with Crippen LogP contribution in [0, 0.1) is 36.0 Å². The number of terminal acetylenes is 1. The van der Waals surface area contributed by atoms with E-state index in [-0.39, 0.29) is 42.1 Å². The summed E-state index contributed by atoms with van der Waals surface area (Å²) in [5.41, 5.74) is 0.822. The van der Waals surface area contributed by atoms with Crippen molar-refractivity contribution < 1.29 is 19.1 Å². The SMILES string of the molecule is C#CCOC(=O)c1ccc(N2C(=O)[C@@H]3[C@@H](C2=O)[C@@H]2C=C[C@@H]3C2)cc1. The predicted octanol–water partition coefficient (Wildman–Crippen LogP) is 1.79. The predicted molar refractivity (Wildman–Crippen MR) is 85.8 cm³/mol. The second-order valence-corrected chi connectivity index (χ2v) is 6.34. The van der Waals surface area contributed by atoms with Crippen LogP contribution in [0.5, 0.6) is 0 Å². The first-order chi connectivity index (χ1) is 11.6. The summed E-state index contributed by atoms with van der Waals surface area (Å²) in [6.45, 7) is -0.0944. The Morgan fingerprint density at radius 3 is 2.25 bits per heavy atom. The number of nitrogens with zero attached hydrogens (tertiary/aromatic N) is 1. The summed E-state index contributed by atoms with van der Waals surface area (Å²) in [4.78, 5) is 38.4. The number of carbonyl (C=O) groups excluding carboxylic acids is 3. The Hall–Kier alpha value is -2.87. The number of allylic oxidation sites excluding steroid dienone is 2. The summed E-state index contributed by atoms with van der Waals surface area (Å²) in [6, 6.07) is 6.27. The third-order valence-electron chi connectivity index (χ3n) is 5.12. The zero-order chi connectivity index (χ0) is 16.8. The first kappa shape index (κ1) is 14.7. The molecule has 0 N–H and O–H groups in total. The van der Waals surface area contributed by atoms with Crippen molar-refractivity contribution >= 4 is 23.5 Å². The van der Waals surface area contributed by atoms with Crippen molar-refractivity contribution in [2.24, 2.45) is 23.7 Å². The molecule has 0 aromatic heterocycles. The largest absolute Gasteiger partial charge is 0.449 e. The van der Waals surface area contributed by atoms with Crippen LogP contribution in [0.25, 0.3) is 0 Å². The number of fused-ring (bicyclic) bond motifs is 5. The molecule has 1 saturated carbocycles. The zero-order valence-electron chi connectivity index (χ0n) is 12.8. The highest BCUT2D eigenvalue weighted by atomic mass is 16.5. The van der Waals surface area contributed by atoms with Gasteiger partial charge in [-0.1, -0.05) is 18.1 Å². The molecule has 1 aromatic carbocycles. The fourth-order valence-electron chi connectivity index (χ4n) is 4.09. The van der Waals surface area contributed by atoms with E-state index in [2.05, 4.69) is 18.1 Å². The summed E-state index contributed by atoms with van der Waals surface area (Å²) in [5.74, 6) is 1.33. The Morgan fingerprint density at radius 1 is 1.12 bits per heavy atom. The Morgan fingerprint density at radius 2 is 1.71 bits per heavy atom. The lowest BCUT2D eigenvalue weighted by atomic mass is 9.85. The summed E-state index contributed by atoms with van der Waals surface area (Å²) >= 11 is 0. The molecule has 1 aliphatic heterocycles. The van der Waals surface area contributed by atoms with E-state index in [1.807, 2.05) is 0 Å². The van der Waals surface area contributed by atoms with Gasteiger partial charge in [-0.2, -0.15) is 0 Å². The first-order valence-electron chi connectivity index (χ1n) is 7.88. The molecule has 0 radical (unpaired) electrons. The van der Waals surface area contributed by atoms with Gasteiger partial charge in [-0.15, -0.1) is 6.42 Å². The molecule has 1 saturated heterocycles. The molecule has 2 fully saturated rings. The maximum atomic E-state index is 12.7. The van der Waals surface area contributed by atoms with Gasteiger partial charge in [-0.25, -0.2) is 4.79 Å². The van der Waals surface area contributed by atoms with Crippen LogP contribution < -0.4 is 4.90 Å². The maximum Gasteiger partial charge on any atom is 0.339 e. The molecule has 1 heterocycles. The van der Waals surface area contributed by atoms with Crippen molar-refractivity contribution in [1.82, 2.24) is 0 Å². The lowest BCUT2D eigenvalue weighted by molar-refractivity contribution is -0.123. The minimum absolute atomic E-state index is 0.0944. The molecular weight excluding hydrogens is 306 g/mol. The van der Waals surface area contributed by atoms with E-state index in [4.69, 9.17) is 11.2 Å². The Labute approximate surface area is 139 Å². The Balaban J connectivity index is 1.57. The molecule has 5 nitrogen and oxygen atoms in total. The lowest BCUT2D eigenvalue weighted by Gasteiger charge is -2.17. The second kappa shape index (κ2) is 5.34. The number of imide groups is 1. The topological polar surface area (TPSA) is 63.7 Å². The van der Waals surface area contributed by atoms with Crippen molar-refractivity contribution in [3.05, 3.63) is 42.0 Å². The smallest absolute Gasteiger partial charge is 0.339 e. The van der Waals surface area contributed by atoms with Crippen LogP contribution in [0.2, 0.25) is 0 Å². The number of carbonyl (C=O) groups is 3. The van der Waals surface area contributed by atoms with Gasteiger partial charge in [0.05, 0.1) is 23.1 Å². The number of rotatable bonds is 3. The standard InChI is InChI=1S/C19H15NO4/c1-2-9-24-19(23)11-5-7-14(8-6-11)20-17(21)15-12-3-4-13(10-12)16(15)18(20)22/h1,3-8,12-13,15-16H,9-10H2/t12-,13-,15+,16+/m1/s1. The fraction of sp³-hybridized carbons (Fsp3) is 0.316. The van der Waals surface area contributed by atoms with E-state index in [1.54, 1.807) is 12.1 Å². The maximum absolute atomic E-state index is 12.7. The van der Waals surface area contributed by atoms with Crippen molar-refractivity contribution in [2.45, 2.75) is 6.42 Å². The van der Waals surface area contributed by atoms with Gasteiger partial charge in [0.2, 0.25) is 11.8 Å². The zero-order valence-corrected chi connectivity index (χ0v) is 12.8. The van der Waals surface area contributed by atoms with Crippen LogP contribution in [0.15, 0.2) is 36.4 Å². The van der Waals surface area contributed by atoms with Gasteiger partial charge < -0.3 is 4.74 Å². The first-order valence-corrected chi connectivity index (χ1v) is 7.88. The van der Waals surface area contributed by atoms with Crippen LogP contribution in [0.1, 0.15) is 16.8 Å². The molecule has 5 heteroatoms. The molecule has 0 spiro atoms. The molecule has 4 rings (SSSR count). The number of hydrogen-bond donors (Lipinski definition) is 0. The van der Waals surface area contributed by atoms with Gasteiger partial charge in [0.25, 0.3) is 0 Å². The van der Waals surface area contributed by atoms with E-state index in [9.17, 15) is 14.4 Å². The summed E-state index contributed by atoms with van der Waals surface area (Å²) < 4.78 is 4.85. The number of benzene rings is 1. The van der Waals surface area contributed by atoms with Gasteiger partial charge in [-0.3, -0.25) is 14.5 Å². The van der Waals surface area contributed by atoms with Gasteiger partial charge in [-0.05, 0) is 42.5 Å². The molecule has 3 aliphatic rings. The highest BCUT2D eigenvalue weighted by Crippen LogP contribution is 2.53. The Kier molecular flexibility index (Phi) is 3.27. The number of esters is 1. The van der Waals surface area contributed by atoms with E-state index < -0.39 is 5.97 Å². The number of ether oxygens (including phenoxy) is 1. The molecule has 2 amide bonds. The number of amides is 2. The average molecular weight is 321 g/mol. The summed E-state index contributed by atoms with van der Waals surface area (Å²) in [5, 5.41) is 0. The highest BCUT2D eigenvalue weighted by molar-refractivity contribution is 6.22. The lowest BCUT2D eigenvalue weighted by Crippen LogP contribution is -2.32. The summed E-state index contributed by atoms with van der Waals surface area (Å²) in [6.07, 6.45) is 10.1. The molecule has 24 heavy (non-hydrogen) atoms. The van der Waals surface area contributed by atoms with Crippen LogP contribution in [-0.4, -0.2) is 24.4 Å². The van der Waals surface area contributed by atoms with Crippen LogP contribution in [0.3, 0.4) is 0 Å². The van der Waals surface area contributed by atoms with Gasteiger partial charge >= 0.3 is 5.97 Å². The third kappa shape index (κ3) is 2.00. The third-order valence-corrected chi connectivity index (χ3v) is 5.12. The second-order valence-electron chi connectivity index (χ2n) is 6.34. The molecule has 2 bridgehead atoms. The van der Waals surface area contributed by atoms with E-state index >= 15 is 0 Å². The minimum Gasteiger partial charge on any atom is -0.449 e. The van der Waals surface area contributed by atoms with Crippen molar-refractivity contribution in [2.75, 3.05) is 11.5 Å². The average Bonchev–Trinajstić information content (AvgIpc) is 3.27. The van der Waals surface area contributed by atoms with E-state index in [0.717, 1.165) is 6.42 Å². The van der Waals surface area contributed by atoms with Gasteiger partial charge in [0, 0.05) is 0 Å². The molecule has 2 aliphatic carbocycles. The van der Waals surface area contributed by atoms with Crippen LogP contribution in [0.4, 0.5) is 5.69 Å². The highest BCUT2D eigenvalue weighted by Gasteiger charge is 2.59. The molecule has 120 valence electrons. The number of hydrogen-bond acceptors (Lipinski definition) is 4. The van der Waals surface area contributed by atoms with E-state index in [0.29, 0.717) is 11.3 Å². The fourth-order valence-corrected chi connectivity index (χ4v) is 4.09. The quantitative estimate of drug-likeness (QED) is 0.368. The normalized spacial score (nSPS) is 29.7. The molecule has 0 unspecified atom stereocenters. The van der Waals surface area contributed by atoms with Crippen molar-refractivity contribution in [3.63, 3.8) is 0 Å². The molecule has 1 aromatic rings. The minimum atomic E-state index is -0.530. The number of anilines is 1. The van der Waals surface area contributed by atoms with E-state index in [1.165, 1.54) is 17.0 Å². The van der Waals surface area contributed by atoms with Gasteiger partial charge in [0.1, 0.15) is 0 Å². The van der Waals surface area contributed by atoms with Crippen molar-refractivity contribution in [1.29, 1.82) is 0 Å². The monoisotopic (exact) mass is 321 g/mol. The summed E-state index contributed by atoms with van der Waals surface area (Å²) in [7, 11) is 0. The van der Waals surface area contributed by atoms with Gasteiger partial charge in [0.15, 0.2) is 6.61 Å². The van der Waals surface area contributed by atoms with Crippen LogP contribution >= 0.6 is 0 Å². The molecule has 4 atom stereocenters. The van der Waals surface area contributed by atoms with Crippen molar-refractivity contribution in [3.8, 4) is 12.3 Å².